The molecule has 2 fully saturated rings. The van der Waals surface area contributed by atoms with Crippen LogP contribution in [0.4, 0.5) is 0 Å². The zero-order valence-electron chi connectivity index (χ0n) is 10.1. The topological polar surface area (TPSA) is 9.23 Å². The van der Waals surface area contributed by atoms with Gasteiger partial charge in [0.05, 0.1) is 0 Å². The van der Waals surface area contributed by atoms with E-state index in [0.29, 0.717) is 16.3 Å². The summed E-state index contributed by atoms with van der Waals surface area (Å²) in [4.78, 5) is 0.670. The summed E-state index contributed by atoms with van der Waals surface area (Å²) in [6.45, 7) is 0. The number of halogens is 1. The van der Waals surface area contributed by atoms with Gasteiger partial charge in [0.2, 0.25) is 0 Å². The van der Waals surface area contributed by atoms with Crippen LogP contribution in [0.1, 0.15) is 38.5 Å². The lowest BCUT2D eigenvalue weighted by Gasteiger charge is -2.55. The zero-order valence-corrected chi connectivity index (χ0v) is 11.7. The van der Waals surface area contributed by atoms with Gasteiger partial charge in [0.15, 0.2) is 0 Å². The molecule has 3 rings (SSSR count). The van der Waals surface area contributed by atoms with Gasteiger partial charge in [-0.25, -0.2) is 0 Å². The molecule has 0 amide bonds. The van der Waals surface area contributed by atoms with Crippen molar-refractivity contribution in [2.24, 2.45) is 5.41 Å². The molecule has 2 atom stereocenters. The molecule has 2 aliphatic rings. The van der Waals surface area contributed by atoms with Crippen molar-refractivity contribution in [3.63, 3.8) is 0 Å². The summed E-state index contributed by atoms with van der Waals surface area (Å²) < 4.78 is 6.18. The van der Waals surface area contributed by atoms with E-state index in [-0.39, 0.29) is 0 Å². The van der Waals surface area contributed by atoms with Crippen LogP contribution in [0.2, 0.25) is 0 Å². The molecule has 92 valence electrons. The van der Waals surface area contributed by atoms with Crippen LogP contribution in [0.25, 0.3) is 0 Å². The van der Waals surface area contributed by atoms with E-state index >= 15 is 0 Å². The second-order valence-electron chi connectivity index (χ2n) is 5.42. The monoisotopic (exact) mass is 294 g/mol. The first-order valence-corrected chi connectivity index (χ1v) is 7.59. The van der Waals surface area contributed by atoms with Gasteiger partial charge >= 0.3 is 0 Å². The zero-order chi connectivity index (χ0) is 11.7. The van der Waals surface area contributed by atoms with Crippen LogP contribution in [-0.2, 0) is 0 Å². The highest BCUT2D eigenvalue weighted by Gasteiger charge is 2.55. The standard InChI is InChI=1S/C15H19BrO/c16-13-11-14(15(13)9-5-2-6-10-15)17-12-7-3-1-4-8-12/h1,3-4,7-8,13-14H,2,5-6,9-11H2. The van der Waals surface area contributed by atoms with Crippen LogP contribution in [0.3, 0.4) is 0 Å². The molecule has 0 radical (unpaired) electrons. The van der Waals surface area contributed by atoms with E-state index < -0.39 is 0 Å². The summed E-state index contributed by atoms with van der Waals surface area (Å²) in [5, 5.41) is 0. The Morgan fingerprint density at radius 3 is 2.41 bits per heavy atom. The highest BCUT2D eigenvalue weighted by molar-refractivity contribution is 9.09. The summed E-state index contributed by atoms with van der Waals surface area (Å²) in [7, 11) is 0. The van der Waals surface area contributed by atoms with Gasteiger partial charge in [0.1, 0.15) is 11.9 Å². The Labute approximate surface area is 112 Å². The van der Waals surface area contributed by atoms with Gasteiger partial charge in [-0.15, -0.1) is 0 Å². The van der Waals surface area contributed by atoms with Crippen molar-refractivity contribution >= 4 is 15.9 Å². The third-order valence-corrected chi connectivity index (χ3v) is 5.78. The predicted octanol–water partition coefficient (Wildman–Crippen LogP) is 4.55. The van der Waals surface area contributed by atoms with Crippen LogP contribution in [-0.4, -0.2) is 10.9 Å². The number of ether oxygens (including phenoxy) is 1. The van der Waals surface area contributed by atoms with E-state index in [1.165, 1.54) is 32.1 Å². The number of hydrogen-bond acceptors (Lipinski definition) is 1. The van der Waals surface area contributed by atoms with Crippen LogP contribution in [0.5, 0.6) is 5.75 Å². The molecule has 17 heavy (non-hydrogen) atoms. The molecule has 0 aromatic heterocycles. The number of para-hydroxylation sites is 1. The van der Waals surface area contributed by atoms with E-state index in [1.54, 1.807) is 0 Å². The van der Waals surface area contributed by atoms with Crippen LogP contribution in [0, 0.1) is 5.41 Å². The second kappa shape index (κ2) is 4.64. The van der Waals surface area contributed by atoms with E-state index in [4.69, 9.17) is 4.74 Å². The molecule has 1 spiro atoms. The van der Waals surface area contributed by atoms with Crippen molar-refractivity contribution in [3.05, 3.63) is 30.3 Å². The quantitative estimate of drug-likeness (QED) is 0.727. The third-order valence-electron chi connectivity index (χ3n) is 4.49. The summed E-state index contributed by atoms with van der Waals surface area (Å²) >= 11 is 3.85. The fraction of sp³-hybridized carbons (Fsp3) is 0.600. The highest BCUT2D eigenvalue weighted by atomic mass is 79.9. The lowest BCUT2D eigenvalue weighted by atomic mass is 9.58. The molecule has 0 aliphatic heterocycles. The van der Waals surface area contributed by atoms with Crippen molar-refractivity contribution in [2.75, 3.05) is 0 Å². The fourth-order valence-electron chi connectivity index (χ4n) is 3.37. The molecular formula is C15H19BrO. The fourth-order valence-corrected chi connectivity index (χ4v) is 4.46. The Morgan fingerprint density at radius 2 is 1.76 bits per heavy atom. The maximum atomic E-state index is 6.18. The largest absolute Gasteiger partial charge is 0.490 e. The molecule has 0 bridgehead atoms. The van der Waals surface area contributed by atoms with Gasteiger partial charge in [-0.05, 0) is 31.4 Å². The number of hydrogen-bond donors (Lipinski definition) is 0. The first kappa shape index (κ1) is 11.6. The molecule has 1 aromatic carbocycles. The molecule has 2 saturated carbocycles. The molecule has 2 unspecified atom stereocenters. The molecule has 0 heterocycles. The van der Waals surface area contributed by atoms with Crippen molar-refractivity contribution in [1.82, 2.24) is 0 Å². The highest BCUT2D eigenvalue weighted by Crippen LogP contribution is 2.56. The summed E-state index contributed by atoms with van der Waals surface area (Å²) in [6, 6.07) is 10.3. The normalized spacial score (nSPS) is 30.9. The summed E-state index contributed by atoms with van der Waals surface area (Å²) in [5.74, 6) is 1.03. The second-order valence-corrected chi connectivity index (χ2v) is 6.52. The van der Waals surface area contributed by atoms with Gasteiger partial charge in [0, 0.05) is 10.2 Å². The third kappa shape index (κ3) is 2.01. The van der Waals surface area contributed by atoms with Gasteiger partial charge in [-0.2, -0.15) is 0 Å². The average molecular weight is 295 g/mol. The van der Waals surface area contributed by atoms with Crippen molar-refractivity contribution in [3.8, 4) is 5.75 Å². The Morgan fingerprint density at radius 1 is 1.06 bits per heavy atom. The van der Waals surface area contributed by atoms with Gasteiger partial charge in [0.25, 0.3) is 0 Å². The minimum absolute atomic E-state index is 0.425. The minimum atomic E-state index is 0.425. The van der Waals surface area contributed by atoms with Crippen LogP contribution < -0.4 is 4.74 Å². The number of alkyl halides is 1. The van der Waals surface area contributed by atoms with E-state index in [2.05, 4.69) is 28.1 Å². The van der Waals surface area contributed by atoms with Crippen LogP contribution in [0.15, 0.2) is 30.3 Å². The maximum absolute atomic E-state index is 6.18. The molecular weight excluding hydrogens is 276 g/mol. The Bertz CT molecular complexity index is 370. The minimum Gasteiger partial charge on any atom is -0.490 e. The predicted molar refractivity (Wildman–Crippen MR) is 73.7 cm³/mol. The molecule has 2 heteroatoms. The lowest BCUT2D eigenvalue weighted by molar-refractivity contribution is -0.0601. The molecule has 1 aromatic rings. The Kier molecular flexibility index (Phi) is 3.16. The Hall–Kier alpha value is -0.500. The van der Waals surface area contributed by atoms with Gasteiger partial charge in [-0.1, -0.05) is 53.4 Å². The van der Waals surface area contributed by atoms with E-state index in [0.717, 1.165) is 12.2 Å². The van der Waals surface area contributed by atoms with E-state index in [1.807, 2.05) is 18.2 Å². The SMILES string of the molecule is BrC1CC(Oc2ccccc2)C12CCCCC2. The first-order valence-electron chi connectivity index (χ1n) is 6.67. The summed E-state index contributed by atoms with van der Waals surface area (Å²) in [6.07, 6.45) is 8.40. The molecule has 0 N–H and O–H groups in total. The number of rotatable bonds is 2. The van der Waals surface area contributed by atoms with Gasteiger partial charge < -0.3 is 4.74 Å². The molecule has 1 nitrogen and oxygen atoms in total. The first-order chi connectivity index (χ1) is 8.31. The lowest BCUT2D eigenvalue weighted by Crippen LogP contribution is -2.57. The van der Waals surface area contributed by atoms with Gasteiger partial charge in [-0.3, -0.25) is 0 Å². The summed E-state index contributed by atoms with van der Waals surface area (Å²) in [5.41, 5.74) is 0.425. The van der Waals surface area contributed by atoms with Crippen molar-refractivity contribution < 1.29 is 4.74 Å². The van der Waals surface area contributed by atoms with Crippen molar-refractivity contribution in [2.45, 2.75) is 49.5 Å². The maximum Gasteiger partial charge on any atom is 0.119 e. The number of benzene rings is 1. The van der Waals surface area contributed by atoms with E-state index in [9.17, 15) is 0 Å². The van der Waals surface area contributed by atoms with Crippen LogP contribution >= 0.6 is 15.9 Å². The molecule has 0 saturated heterocycles. The average Bonchev–Trinajstić information content (AvgIpc) is 2.41. The van der Waals surface area contributed by atoms with Crippen molar-refractivity contribution in [1.29, 1.82) is 0 Å². The molecule has 2 aliphatic carbocycles. The Balaban J connectivity index is 1.72. The smallest absolute Gasteiger partial charge is 0.119 e.